The Morgan fingerprint density at radius 2 is 1.84 bits per heavy atom. The van der Waals surface area contributed by atoms with Crippen LogP contribution < -0.4 is 15.0 Å². The quantitative estimate of drug-likeness (QED) is 0.485. The standard InChI is InChI=1S/C25H28N6O/c1-30-24-22(17-26-30)23(27-20-9-6-10-21(16-20)32-2)28-25(29-24)31-13-11-19(12-14-31)15-18-7-4-3-5-8-18/h3-10,16-17,19H,11-15H2,1-2H3,(H,27,28,29). The van der Waals surface area contributed by atoms with Crippen LogP contribution in [0.3, 0.4) is 0 Å². The molecule has 0 spiro atoms. The minimum Gasteiger partial charge on any atom is -0.497 e. The third-order valence-electron chi connectivity index (χ3n) is 6.18. The lowest BCUT2D eigenvalue weighted by Crippen LogP contribution is -2.35. The van der Waals surface area contributed by atoms with Crippen LogP contribution in [0.5, 0.6) is 5.75 Å². The smallest absolute Gasteiger partial charge is 0.229 e. The van der Waals surface area contributed by atoms with E-state index in [1.54, 1.807) is 11.8 Å². The molecule has 0 saturated carbocycles. The first-order valence-electron chi connectivity index (χ1n) is 11.1. The van der Waals surface area contributed by atoms with Crippen LogP contribution in [-0.2, 0) is 13.5 Å². The highest BCUT2D eigenvalue weighted by Gasteiger charge is 2.23. The average Bonchev–Trinajstić information content (AvgIpc) is 3.21. The number of methoxy groups -OCH3 is 1. The van der Waals surface area contributed by atoms with Gasteiger partial charge in [0.05, 0.1) is 18.7 Å². The van der Waals surface area contributed by atoms with E-state index in [0.717, 1.165) is 66.6 Å². The van der Waals surface area contributed by atoms with E-state index in [4.69, 9.17) is 14.7 Å². The van der Waals surface area contributed by atoms with Crippen molar-refractivity contribution in [1.82, 2.24) is 19.7 Å². The number of aromatic nitrogens is 4. The van der Waals surface area contributed by atoms with Crippen molar-refractivity contribution in [2.75, 3.05) is 30.4 Å². The molecule has 5 rings (SSSR count). The van der Waals surface area contributed by atoms with E-state index in [2.05, 4.69) is 45.6 Å². The van der Waals surface area contributed by atoms with Gasteiger partial charge in [0.15, 0.2) is 5.65 Å². The lowest BCUT2D eigenvalue weighted by Gasteiger charge is -2.32. The van der Waals surface area contributed by atoms with Gasteiger partial charge < -0.3 is 15.0 Å². The molecule has 0 bridgehead atoms. The van der Waals surface area contributed by atoms with Gasteiger partial charge in [-0.05, 0) is 42.9 Å². The molecule has 1 aliphatic rings. The second-order valence-electron chi connectivity index (χ2n) is 8.35. The van der Waals surface area contributed by atoms with Gasteiger partial charge in [0.2, 0.25) is 5.95 Å². The fourth-order valence-corrected chi connectivity index (χ4v) is 4.37. The summed E-state index contributed by atoms with van der Waals surface area (Å²) < 4.78 is 7.16. The summed E-state index contributed by atoms with van der Waals surface area (Å²) in [7, 11) is 3.59. The van der Waals surface area contributed by atoms with Crippen molar-refractivity contribution in [2.45, 2.75) is 19.3 Å². The lowest BCUT2D eigenvalue weighted by atomic mass is 9.90. The Balaban J connectivity index is 1.37. The SMILES string of the molecule is COc1cccc(Nc2nc(N3CCC(Cc4ccccc4)CC3)nc3c2cnn3C)c1. The highest BCUT2D eigenvalue weighted by atomic mass is 16.5. The Kier molecular flexibility index (Phi) is 5.62. The lowest BCUT2D eigenvalue weighted by molar-refractivity contribution is 0.401. The number of hydrogen-bond donors (Lipinski definition) is 1. The molecular formula is C25H28N6O. The Morgan fingerprint density at radius 3 is 2.62 bits per heavy atom. The molecule has 1 N–H and O–H groups in total. The molecule has 2 aromatic heterocycles. The normalized spacial score (nSPS) is 14.6. The number of rotatable bonds is 6. The van der Waals surface area contributed by atoms with E-state index in [1.165, 1.54) is 5.56 Å². The van der Waals surface area contributed by atoms with E-state index < -0.39 is 0 Å². The monoisotopic (exact) mass is 428 g/mol. The van der Waals surface area contributed by atoms with Crippen molar-refractivity contribution >= 4 is 28.5 Å². The van der Waals surface area contributed by atoms with Gasteiger partial charge in [-0.1, -0.05) is 36.4 Å². The molecule has 0 unspecified atom stereocenters. The summed E-state index contributed by atoms with van der Waals surface area (Å²) in [6, 6.07) is 18.6. The maximum Gasteiger partial charge on any atom is 0.229 e. The third kappa shape index (κ3) is 4.23. The molecule has 3 heterocycles. The number of anilines is 3. The molecule has 0 radical (unpaired) electrons. The van der Waals surface area contributed by atoms with Gasteiger partial charge in [0.25, 0.3) is 0 Å². The Labute approximate surface area is 188 Å². The number of ether oxygens (including phenoxy) is 1. The number of aryl methyl sites for hydroxylation is 1. The summed E-state index contributed by atoms with van der Waals surface area (Å²) >= 11 is 0. The van der Waals surface area contributed by atoms with Crippen LogP contribution in [0.2, 0.25) is 0 Å². The predicted octanol–water partition coefficient (Wildman–Crippen LogP) is 4.57. The highest BCUT2D eigenvalue weighted by Crippen LogP contribution is 2.30. The van der Waals surface area contributed by atoms with Crippen LogP contribution in [0.15, 0.2) is 60.8 Å². The summed E-state index contributed by atoms with van der Waals surface area (Å²) in [6.07, 6.45) is 5.23. The number of piperidine rings is 1. The first-order valence-corrected chi connectivity index (χ1v) is 11.1. The average molecular weight is 429 g/mol. The molecule has 32 heavy (non-hydrogen) atoms. The summed E-state index contributed by atoms with van der Waals surface area (Å²) in [4.78, 5) is 12.1. The zero-order valence-corrected chi connectivity index (χ0v) is 18.5. The van der Waals surface area contributed by atoms with E-state index in [0.29, 0.717) is 5.92 Å². The topological polar surface area (TPSA) is 68.1 Å². The minimum atomic E-state index is 0.698. The predicted molar refractivity (Wildman–Crippen MR) is 128 cm³/mol. The van der Waals surface area contributed by atoms with Crippen molar-refractivity contribution in [3.63, 3.8) is 0 Å². The maximum absolute atomic E-state index is 5.36. The van der Waals surface area contributed by atoms with Crippen molar-refractivity contribution < 1.29 is 4.74 Å². The molecule has 0 amide bonds. The molecule has 0 atom stereocenters. The van der Waals surface area contributed by atoms with Gasteiger partial charge in [-0.3, -0.25) is 4.68 Å². The number of nitrogens with zero attached hydrogens (tertiary/aromatic N) is 5. The highest BCUT2D eigenvalue weighted by molar-refractivity contribution is 5.89. The van der Waals surface area contributed by atoms with Crippen LogP contribution in [0.1, 0.15) is 18.4 Å². The number of hydrogen-bond acceptors (Lipinski definition) is 6. The largest absolute Gasteiger partial charge is 0.497 e. The van der Waals surface area contributed by atoms with Gasteiger partial charge in [0, 0.05) is 31.9 Å². The number of nitrogens with one attached hydrogen (secondary N) is 1. The van der Waals surface area contributed by atoms with Crippen molar-refractivity contribution in [3.8, 4) is 5.75 Å². The second kappa shape index (κ2) is 8.86. The number of fused-ring (bicyclic) bond motifs is 1. The fourth-order valence-electron chi connectivity index (χ4n) is 4.37. The molecule has 7 nitrogen and oxygen atoms in total. The van der Waals surface area contributed by atoms with Gasteiger partial charge >= 0.3 is 0 Å². The fraction of sp³-hybridized carbons (Fsp3) is 0.320. The minimum absolute atomic E-state index is 0.698. The summed E-state index contributed by atoms with van der Waals surface area (Å²) in [5.41, 5.74) is 3.16. The van der Waals surface area contributed by atoms with Gasteiger partial charge in [0.1, 0.15) is 11.6 Å². The zero-order valence-electron chi connectivity index (χ0n) is 18.5. The van der Waals surface area contributed by atoms with Gasteiger partial charge in [-0.15, -0.1) is 0 Å². The Morgan fingerprint density at radius 1 is 1.03 bits per heavy atom. The number of benzene rings is 2. The van der Waals surface area contributed by atoms with Crippen LogP contribution in [0.4, 0.5) is 17.5 Å². The first kappa shape index (κ1) is 20.3. The van der Waals surface area contributed by atoms with Crippen LogP contribution in [0, 0.1) is 5.92 Å². The molecule has 2 aromatic carbocycles. The Bertz CT molecular complexity index is 1200. The molecule has 0 aliphatic carbocycles. The van der Waals surface area contributed by atoms with E-state index in [1.807, 2.05) is 37.5 Å². The van der Waals surface area contributed by atoms with E-state index >= 15 is 0 Å². The molecule has 1 saturated heterocycles. The molecule has 1 fully saturated rings. The summed E-state index contributed by atoms with van der Waals surface area (Å²) in [5, 5.41) is 8.75. The van der Waals surface area contributed by atoms with Crippen LogP contribution in [-0.4, -0.2) is 39.9 Å². The van der Waals surface area contributed by atoms with Crippen LogP contribution >= 0.6 is 0 Å². The van der Waals surface area contributed by atoms with Crippen LogP contribution in [0.25, 0.3) is 11.0 Å². The molecule has 7 heteroatoms. The molecule has 164 valence electrons. The van der Waals surface area contributed by atoms with E-state index in [9.17, 15) is 0 Å². The van der Waals surface area contributed by atoms with Crippen molar-refractivity contribution in [3.05, 3.63) is 66.4 Å². The molecular weight excluding hydrogens is 400 g/mol. The first-order chi connectivity index (χ1) is 15.7. The zero-order chi connectivity index (χ0) is 21.9. The molecule has 1 aliphatic heterocycles. The summed E-state index contributed by atoms with van der Waals surface area (Å²) in [6.45, 7) is 1.92. The van der Waals surface area contributed by atoms with E-state index in [-0.39, 0.29) is 0 Å². The Hall–Kier alpha value is -3.61. The summed E-state index contributed by atoms with van der Waals surface area (Å²) in [5.74, 6) is 3.01. The van der Waals surface area contributed by atoms with Gasteiger partial charge in [-0.25, -0.2) is 0 Å². The second-order valence-corrected chi connectivity index (χ2v) is 8.35. The van der Waals surface area contributed by atoms with Crippen molar-refractivity contribution in [2.24, 2.45) is 13.0 Å². The van der Waals surface area contributed by atoms with Crippen molar-refractivity contribution in [1.29, 1.82) is 0 Å². The third-order valence-corrected chi connectivity index (χ3v) is 6.18. The van der Waals surface area contributed by atoms with Gasteiger partial charge in [-0.2, -0.15) is 15.1 Å². The maximum atomic E-state index is 5.36. The molecule has 4 aromatic rings.